The van der Waals surface area contributed by atoms with Crippen molar-refractivity contribution in [2.45, 2.75) is 31.7 Å². The molecule has 0 aliphatic carbocycles. The van der Waals surface area contributed by atoms with E-state index in [-0.39, 0.29) is 24.1 Å². The lowest BCUT2D eigenvalue weighted by Crippen LogP contribution is -2.36. The lowest BCUT2D eigenvalue weighted by molar-refractivity contribution is -0.138. The Bertz CT molecular complexity index is 816. The summed E-state index contributed by atoms with van der Waals surface area (Å²) in [5.74, 6) is -1.05. The molecule has 0 unspecified atom stereocenters. The first kappa shape index (κ1) is 19.2. The van der Waals surface area contributed by atoms with Crippen molar-refractivity contribution in [1.29, 1.82) is 0 Å². The van der Waals surface area contributed by atoms with Gasteiger partial charge in [-0.05, 0) is 30.4 Å². The van der Waals surface area contributed by atoms with Crippen LogP contribution in [0.3, 0.4) is 0 Å². The summed E-state index contributed by atoms with van der Waals surface area (Å²) in [5.41, 5.74) is 1.27. The molecule has 1 aromatic carbocycles. The van der Waals surface area contributed by atoms with Gasteiger partial charge in [0.2, 0.25) is 5.91 Å². The average Bonchev–Trinajstić information content (AvgIpc) is 2.61. The van der Waals surface area contributed by atoms with Crippen molar-refractivity contribution in [2.75, 3.05) is 6.26 Å². The second-order valence-corrected chi connectivity index (χ2v) is 7.25. The summed E-state index contributed by atoms with van der Waals surface area (Å²) in [4.78, 5) is 24.9. The molecule has 0 aliphatic rings. The number of halogens is 1. The summed E-state index contributed by atoms with van der Waals surface area (Å²) >= 11 is 1.59. The van der Waals surface area contributed by atoms with Gasteiger partial charge in [-0.2, -0.15) is 0 Å². The molecule has 1 heterocycles. The molecule has 0 saturated carbocycles. The molecule has 2 aromatic rings. The lowest BCUT2D eigenvalue weighted by Gasteiger charge is -2.22. The van der Waals surface area contributed by atoms with Crippen LogP contribution in [0.15, 0.2) is 46.2 Å². The number of nitrogens with zero attached hydrogens (tertiary/aromatic N) is 1. The van der Waals surface area contributed by atoms with Crippen LogP contribution in [-0.4, -0.2) is 21.9 Å². The topological polar surface area (TPSA) is 71.3 Å². The highest BCUT2D eigenvalue weighted by Crippen LogP contribution is 2.25. The minimum Gasteiger partial charge on any atom is -0.313 e. The number of aryl methyl sites for hydroxylation is 1. The van der Waals surface area contributed by atoms with E-state index in [1.165, 1.54) is 10.6 Å². The zero-order chi connectivity index (χ0) is 18.6. The van der Waals surface area contributed by atoms with E-state index >= 15 is 0 Å². The number of rotatable bonds is 6. The van der Waals surface area contributed by atoms with Gasteiger partial charge >= 0.3 is 0 Å². The van der Waals surface area contributed by atoms with Gasteiger partial charge in [-0.1, -0.05) is 26.0 Å². The summed E-state index contributed by atoms with van der Waals surface area (Å²) in [6.07, 6.45) is 3.39. The summed E-state index contributed by atoms with van der Waals surface area (Å²) in [6.45, 7) is 3.45. The molecule has 0 aliphatic heterocycles. The molecule has 7 heteroatoms. The second kappa shape index (κ2) is 7.84. The number of pyridine rings is 1. The van der Waals surface area contributed by atoms with E-state index in [0.29, 0.717) is 5.56 Å². The predicted octanol–water partition coefficient (Wildman–Crippen LogP) is 3.30. The Hall–Kier alpha value is -2.12. The minimum absolute atomic E-state index is 0.169. The Kier molecular flexibility index (Phi) is 6.02. The number of aromatic nitrogens is 1. The van der Waals surface area contributed by atoms with E-state index in [1.54, 1.807) is 43.2 Å². The van der Waals surface area contributed by atoms with E-state index in [1.807, 2.05) is 18.4 Å². The number of thioether (sulfide) groups is 1. The zero-order valence-corrected chi connectivity index (χ0v) is 15.2. The number of carbonyl (C=O) groups excluding carboxylic acids is 1. The van der Waals surface area contributed by atoms with Crippen LogP contribution >= 0.6 is 11.8 Å². The molecule has 0 fully saturated rings. The third-order valence-electron chi connectivity index (χ3n) is 4.17. The highest BCUT2D eigenvalue weighted by atomic mass is 32.2. The van der Waals surface area contributed by atoms with Crippen LogP contribution < -0.4 is 11.0 Å². The van der Waals surface area contributed by atoms with Crippen molar-refractivity contribution >= 4 is 17.7 Å². The number of hydrogen-bond acceptors (Lipinski definition) is 4. The Balaban J connectivity index is 2.25. The molecule has 0 bridgehead atoms. The Morgan fingerprint density at radius 2 is 1.96 bits per heavy atom. The molecule has 0 atom stereocenters. The van der Waals surface area contributed by atoms with Crippen molar-refractivity contribution in [1.82, 2.24) is 10.0 Å². The quantitative estimate of drug-likeness (QED) is 0.469. The first-order valence-electron chi connectivity index (χ1n) is 7.77. The predicted molar refractivity (Wildman–Crippen MR) is 96.2 cm³/mol. The fourth-order valence-corrected chi connectivity index (χ4v) is 2.78. The van der Waals surface area contributed by atoms with Gasteiger partial charge in [0.1, 0.15) is 5.82 Å². The maximum Gasteiger partial charge on any atom is 0.251 e. The third kappa shape index (κ3) is 4.49. The van der Waals surface area contributed by atoms with E-state index < -0.39 is 17.1 Å². The molecule has 0 spiro atoms. The molecule has 0 radical (unpaired) electrons. The van der Waals surface area contributed by atoms with Gasteiger partial charge < -0.3 is 4.57 Å². The summed E-state index contributed by atoms with van der Waals surface area (Å²) in [6, 6.07) is 8.58. The number of carbonyl (C=O) groups is 1. The molecule has 134 valence electrons. The number of hydroxylamine groups is 1. The van der Waals surface area contributed by atoms with E-state index in [4.69, 9.17) is 5.21 Å². The second-order valence-electron chi connectivity index (χ2n) is 6.37. The number of benzene rings is 1. The smallest absolute Gasteiger partial charge is 0.251 e. The van der Waals surface area contributed by atoms with Crippen LogP contribution in [-0.2, 0) is 11.3 Å². The van der Waals surface area contributed by atoms with Gasteiger partial charge in [0.05, 0.1) is 0 Å². The van der Waals surface area contributed by atoms with Crippen LogP contribution in [0.5, 0.6) is 0 Å². The van der Waals surface area contributed by atoms with Crippen molar-refractivity contribution in [3.8, 4) is 11.1 Å². The minimum atomic E-state index is -0.878. The van der Waals surface area contributed by atoms with Gasteiger partial charge in [0.25, 0.3) is 5.56 Å². The van der Waals surface area contributed by atoms with Gasteiger partial charge in [0.15, 0.2) is 0 Å². The SMILES string of the molecule is CSc1ccc(-c2cc(=O)n(CCC(C)(C)C(=O)NO)cc2F)cc1. The van der Waals surface area contributed by atoms with Crippen LogP contribution in [0.4, 0.5) is 4.39 Å². The summed E-state index contributed by atoms with van der Waals surface area (Å²) in [7, 11) is 0. The number of hydrogen-bond donors (Lipinski definition) is 2. The van der Waals surface area contributed by atoms with Crippen molar-refractivity contribution in [3.05, 3.63) is 52.7 Å². The van der Waals surface area contributed by atoms with E-state index in [0.717, 1.165) is 11.1 Å². The van der Waals surface area contributed by atoms with Gasteiger partial charge in [-0.25, -0.2) is 9.87 Å². The standard InChI is InChI=1S/C18H21FN2O3S/c1-18(2,17(23)20-24)8-9-21-11-15(19)14(10-16(21)22)12-4-6-13(25-3)7-5-12/h4-7,10-11,24H,8-9H2,1-3H3,(H,20,23). The first-order chi connectivity index (χ1) is 11.8. The van der Waals surface area contributed by atoms with E-state index in [9.17, 15) is 14.0 Å². The average molecular weight is 364 g/mol. The Labute approximate surface area is 149 Å². The fourth-order valence-electron chi connectivity index (χ4n) is 2.38. The van der Waals surface area contributed by atoms with Crippen LogP contribution in [0.25, 0.3) is 11.1 Å². The van der Waals surface area contributed by atoms with Gasteiger partial charge in [0, 0.05) is 34.7 Å². The number of amides is 1. The number of nitrogens with one attached hydrogen (secondary N) is 1. The fraction of sp³-hybridized carbons (Fsp3) is 0.333. The molecule has 1 aromatic heterocycles. The molecule has 25 heavy (non-hydrogen) atoms. The molecular weight excluding hydrogens is 343 g/mol. The lowest BCUT2D eigenvalue weighted by atomic mass is 9.88. The molecule has 0 saturated heterocycles. The molecule has 2 N–H and O–H groups in total. The van der Waals surface area contributed by atoms with Crippen molar-refractivity contribution in [3.63, 3.8) is 0 Å². The highest BCUT2D eigenvalue weighted by Gasteiger charge is 2.27. The maximum atomic E-state index is 14.5. The largest absolute Gasteiger partial charge is 0.313 e. The Morgan fingerprint density at radius 1 is 1.32 bits per heavy atom. The first-order valence-corrected chi connectivity index (χ1v) is 9.00. The van der Waals surface area contributed by atoms with Crippen molar-refractivity contribution in [2.24, 2.45) is 5.41 Å². The van der Waals surface area contributed by atoms with Crippen LogP contribution in [0.2, 0.25) is 0 Å². The highest BCUT2D eigenvalue weighted by molar-refractivity contribution is 7.98. The summed E-state index contributed by atoms with van der Waals surface area (Å²) in [5, 5.41) is 8.74. The van der Waals surface area contributed by atoms with Gasteiger partial charge in [-0.3, -0.25) is 14.8 Å². The summed E-state index contributed by atoms with van der Waals surface area (Å²) < 4.78 is 15.7. The molecular formula is C18H21FN2O3S. The molecule has 1 amide bonds. The zero-order valence-electron chi connectivity index (χ0n) is 14.4. The Morgan fingerprint density at radius 3 is 2.52 bits per heavy atom. The maximum absolute atomic E-state index is 14.5. The molecule has 5 nitrogen and oxygen atoms in total. The van der Waals surface area contributed by atoms with Crippen LogP contribution in [0.1, 0.15) is 20.3 Å². The van der Waals surface area contributed by atoms with Gasteiger partial charge in [-0.15, -0.1) is 11.8 Å². The normalized spacial score (nSPS) is 11.4. The third-order valence-corrected chi connectivity index (χ3v) is 4.92. The van der Waals surface area contributed by atoms with E-state index in [2.05, 4.69) is 0 Å². The van der Waals surface area contributed by atoms with Crippen LogP contribution in [0, 0.1) is 11.2 Å². The monoisotopic (exact) mass is 364 g/mol. The molecule has 2 rings (SSSR count). The van der Waals surface area contributed by atoms with Crippen molar-refractivity contribution < 1.29 is 14.4 Å².